The monoisotopic (exact) mass is 228 g/mol. The van der Waals surface area contributed by atoms with E-state index in [1.54, 1.807) is 10.8 Å². The van der Waals surface area contributed by atoms with E-state index in [-0.39, 0.29) is 11.6 Å². The molecule has 0 spiro atoms. The Balaban J connectivity index is 2.22. The predicted molar refractivity (Wildman–Crippen MR) is 68.8 cm³/mol. The van der Waals surface area contributed by atoms with E-state index in [0.29, 0.717) is 6.54 Å². The summed E-state index contributed by atoms with van der Waals surface area (Å²) in [5.41, 5.74) is 7.90. The zero-order chi connectivity index (χ0) is 12.3. The van der Waals surface area contributed by atoms with Crippen LogP contribution in [0.5, 0.6) is 0 Å². The Bertz CT molecular complexity index is 546. The van der Waals surface area contributed by atoms with Crippen LogP contribution < -0.4 is 11.3 Å². The lowest BCUT2D eigenvalue weighted by molar-refractivity contribution is 0.560. The van der Waals surface area contributed by atoms with Crippen molar-refractivity contribution in [2.24, 2.45) is 5.73 Å². The summed E-state index contributed by atoms with van der Waals surface area (Å²) in [6.45, 7) is 2.32. The highest BCUT2D eigenvalue weighted by Crippen LogP contribution is 2.10. The fourth-order valence-corrected chi connectivity index (χ4v) is 1.82. The highest BCUT2D eigenvalue weighted by atomic mass is 16.1. The Morgan fingerprint density at radius 2 is 1.88 bits per heavy atom. The first kappa shape index (κ1) is 11.6. The molecule has 0 aliphatic carbocycles. The lowest BCUT2D eigenvalue weighted by Gasteiger charge is -2.14. The number of nitrogens with zero attached hydrogens (tertiary/aromatic N) is 1. The lowest BCUT2D eigenvalue weighted by Crippen LogP contribution is -2.27. The van der Waals surface area contributed by atoms with Crippen LogP contribution in [-0.2, 0) is 6.54 Å². The Morgan fingerprint density at radius 1 is 1.18 bits per heavy atom. The molecule has 2 N–H and O–H groups in total. The third-order valence-electron chi connectivity index (χ3n) is 2.83. The van der Waals surface area contributed by atoms with E-state index < -0.39 is 0 Å². The van der Waals surface area contributed by atoms with E-state index in [1.807, 2.05) is 49.4 Å². The molecule has 0 fully saturated rings. The molecule has 0 saturated carbocycles. The average molecular weight is 228 g/mol. The fraction of sp³-hybridized carbons (Fsp3) is 0.214. The number of hydrogen-bond donors (Lipinski definition) is 1. The highest BCUT2D eigenvalue weighted by Gasteiger charge is 2.07. The van der Waals surface area contributed by atoms with E-state index in [4.69, 9.17) is 5.73 Å². The molecule has 1 aromatic carbocycles. The summed E-state index contributed by atoms with van der Waals surface area (Å²) in [7, 11) is 0. The molecule has 1 heterocycles. The van der Waals surface area contributed by atoms with Crippen molar-refractivity contribution in [2.45, 2.75) is 19.5 Å². The van der Waals surface area contributed by atoms with Gasteiger partial charge in [0.2, 0.25) is 0 Å². The van der Waals surface area contributed by atoms with Gasteiger partial charge in [0.15, 0.2) is 0 Å². The minimum absolute atomic E-state index is 0.0267. The molecule has 0 radical (unpaired) electrons. The van der Waals surface area contributed by atoms with Gasteiger partial charge in [0.25, 0.3) is 5.56 Å². The van der Waals surface area contributed by atoms with Gasteiger partial charge >= 0.3 is 0 Å². The molecular formula is C14H16N2O. The molecule has 1 atom stereocenters. The Kier molecular flexibility index (Phi) is 3.40. The van der Waals surface area contributed by atoms with E-state index in [9.17, 15) is 4.79 Å². The number of hydrogen-bond acceptors (Lipinski definition) is 2. The van der Waals surface area contributed by atoms with Crippen LogP contribution in [0, 0.1) is 6.92 Å². The lowest BCUT2D eigenvalue weighted by atomic mass is 10.1. The van der Waals surface area contributed by atoms with Gasteiger partial charge in [-0.3, -0.25) is 4.79 Å². The maximum absolute atomic E-state index is 11.8. The third kappa shape index (κ3) is 2.63. The van der Waals surface area contributed by atoms with Gasteiger partial charge in [-0.25, -0.2) is 0 Å². The smallest absolute Gasteiger partial charge is 0.253 e. The summed E-state index contributed by atoms with van der Waals surface area (Å²) in [6.07, 6.45) is 1.78. The van der Waals surface area contributed by atoms with Crippen LogP contribution >= 0.6 is 0 Å². The molecule has 1 aromatic heterocycles. The number of pyridine rings is 1. The minimum atomic E-state index is -0.157. The standard InChI is InChI=1S/C14H16N2O/c1-11-6-5-9-16(14(11)17)10-13(15)12-7-3-2-4-8-12/h2-9,13H,10,15H2,1H3. The Morgan fingerprint density at radius 3 is 2.59 bits per heavy atom. The van der Waals surface area contributed by atoms with Crippen molar-refractivity contribution in [3.8, 4) is 0 Å². The maximum atomic E-state index is 11.8. The zero-order valence-corrected chi connectivity index (χ0v) is 9.84. The SMILES string of the molecule is Cc1cccn(CC(N)c2ccccc2)c1=O. The molecule has 1 unspecified atom stereocenters. The molecule has 0 bridgehead atoms. The van der Waals surface area contributed by atoms with E-state index in [2.05, 4.69) is 0 Å². The molecular weight excluding hydrogens is 212 g/mol. The topological polar surface area (TPSA) is 48.0 Å². The van der Waals surface area contributed by atoms with Crippen molar-refractivity contribution < 1.29 is 0 Å². The average Bonchev–Trinajstić information content (AvgIpc) is 2.36. The molecule has 0 amide bonds. The van der Waals surface area contributed by atoms with Crippen molar-refractivity contribution in [2.75, 3.05) is 0 Å². The molecule has 88 valence electrons. The van der Waals surface area contributed by atoms with Crippen molar-refractivity contribution in [3.63, 3.8) is 0 Å². The van der Waals surface area contributed by atoms with E-state index >= 15 is 0 Å². The first-order chi connectivity index (χ1) is 8.18. The number of aromatic nitrogens is 1. The van der Waals surface area contributed by atoms with Gasteiger partial charge in [-0.1, -0.05) is 36.4 Å². The van der Waals surface area contributed by atoms with Crippen LogP contribution in [-0.4, -0.2) is 4.57 Å². The summed E-state index contributed by atoms with van der Waals surface area (Å²) in [6, 6.07) is 13.3. The van der Waals surface area contributed by atoms with Crippen molar-refractivity contribution in [1.82, 2.24) is 4.57 Å². The van der Waals surface area contributed by atoms with Crippen LogP contribution in [0.15, 0.2) is 53.5 Å². The molecule has 3 nitrogen and oxygen atoms in total. The van der Waals surface area contributed by atoms with Crippen molar-refractivity contribution in [3.05, 3.63) is 70.1 Å². The molecule has 2 aromatic rings. The summed E-state index contributed by atoms with van der Waals surface area (Å²) in [5.74, 6) is 0. The predicted octanol–water partition coefficient (Wildman–Crippen LogP) is 1.86. The van der Waals surface area contributed by atoms with Crippen LogP contribution in [0.1, 0.15) is 17.2 Å². The maximum Gasteiger partial charge on any atom is 0.253 e. The second-order valence-electron chi connectivity index (χ2n) is 4.17. The van der Waals surface area contributed by atoms with Gasteiger partial charge in [-0.15, -0.1) is 0 Å². The Labute approximate surface area is 101 Å². The first-order valence-electron chi connectivity index (χ1n) is 5.65. The van der Waals surface area contributed by atoms with Gasteiger partial charge in [0, 0.05) is 24.3 Å². The molecule has 0 aliphatic heterocycles. The summed E-state index contributed by atoms with van der Waals surface area (Å²) in [4.78, 5) is 11.8. The van der Waals surface area contributed by atoms with E-state index in [0.717, 1.165) is 11.1 Å². The number of rotatable bonds is 3. The number of aryl methyl sites for hydroxylation is 1. The van der Waals surface area contributed by atoms with Crippen LogP contribution in [0.4, 0.5) is 0 Å². The summed E-state index contributed by atoms with van der Waals surface area (Å²) in [5, 5.41) is 0. The van der Waals surface area contributed by atoms with Gasteiger partial charge in [-0.05, 0) is 18.6 Å². The zero-order valence-electron chi connectivity index (χ0n) is 9.84. The first-order valence-corrected chi connectivity index (χ1v) is 5.65. The van der Waals surface area contributed by atoms with Crippen LogP contribution in [0.25, 0.3) is 0 Å². The quantitative estimate of drug-likeness (QED) is 0.871. The second kappa shape index (κ2) is 4.97. The molecule has 0 saturated heterocycles. The third-order valence-corrected chi connectivity index (χ3v) is 2.83. The van der Waals surface area contributed by atoms with Gasteiger partial charge in [-0.2, -0.15) is 0 Å². The second-order valence-corrected chi connectivity index (χ2v) is 4.17. The number of benzene rings is 1. The largest absolute Gasteiger partial charge is 0.322 e. The summed E-state index contributed by atoms with van der Waals surface area (Å²) < 4.78 is 1.66. The van der Waals surface area contributed by atoms with Gasteiger partial charge in [0.05, 0.1) is 0 Å². The molecule has 0 aliphatic rings. The van der Waals surface area contributed by atoms with Gasteiger partial charge in [0.1, 0.15) is 0 Å². The summed E-state index contributed by atoms with van der Waals surface area (Å²) >= 11 is 0. The molecule has 3 heteroatoms. The number of nitrogens with two attached hydrogens (primary N) is 1. The molecule has 2 rings (SSSR count). The van der Waals surface area contributed by atoms with Crippen molar-refractivity contribution >= 4 is 0 Å². The van der Waals surface area contributed by atoms with Crippen LogP contribution in [0.3, 0.4) is 0 Å². The fourth-order valence-electron chi connectivity index (χ4n) is 1.82. The van der Waals surface area contributed by atoms with Crippen molar-refractivity contribution in [1.29, 1.82) is 0 Å². The highest BCUT2D eigenvalue weighted by molar-refractivity contribution is 5.18. The van der Waals surface area contributed by atoms with Gasteiger partial charge < -0.3 is 10.3 Å². The normalized spacial score (nSPS) is 12.4. The Hall–Kier alpha value is -1.87. The van der Waals surface area contributed by atoms with Crippen LogP contribution in [0.2, 0.25) is 0 Å². The molecule has 17 heavy (non-hydrogen) atoms. The minimum Gasteiger partial charge on any atom is -0.322 e. The van der Waals surface area contributed by atoms with E-state index in [1.165, 1.54) is 0 Å².